The lowest BCUT2D eigenvalue weighted by Gasteiger charge is -2.57. The number of amides is 1. The molecule has 2 bridgehead atoms. The Balaban J connectivity index is 1.34. The van der Waals surface area contributed by atoms with Crippen LogP contribution in [0.5, 0.6) is 0 Å². The molecule has 3 saturated carbocycles. The van der Waals surface area contributed by atoms with Gasteiger partial charge < -0.3 is 4.90 Å². The van der Waals surface area contributed by atoms with E-state index in [-0.39, 0.29) is 0 Å². The Bertz CT molecular complexity index is 450. The van der Waals surface area contributed by atoms with Crippen molar-refractivity contribution in [1.82, 2.24) is 4.90 Å². The number of hydrogen-bond donors (Lipinski definition) is 0. The highest BCUT2D eigenvalue weighted by Gasteiger charge is 2.57. The number of carbonyl (C=O) groups is 1. The molecule has 0 spiro atoms. The first-order chi connectivity index (χ1) is 10.3. The molecule has 114 valence electrons. The Morgan fingerprint density at radius 1 is 0.762 bits per heavy atom. The van der Waals surface area contributed by atoms with Crippen molar-refractivity contribution in [3.63, 3.8) is 0 Å². The van der Waals surface area contributed by atoms with E-state index in [9.17, 15) is 4.79 Å². The minimum atomic E-state index is 0.362. The quantitative estimate of drug-likeness (QED) is 0.675. The lowest BCUT2D eigenvalue weighted by atomic mass is 9.47. The molecule has 1 amide bonds. The van der Waals surface area contributed by atoms with Crippen molar-refractivity contribution in [2.45, 2.75) is 44.9 Å². The van der Waals surface area contributed by atoms with Gasteiger partial charge in [0.1, 0.15) is 0 Å². The van der Waals surface area contributed by atoms with Crippen LogP contribution in [-0.2, 0) is 4.79 Å². The largest absolute Gasteiger partial charge is 0.342 e. The summed E-state index contributed by atoms with van der Waals surface area (Å²) in [6.07, 6.45) is 14.2. The van der Waals surface area contributed by atoms with Crippen molar-refractivity contribution in [1.29, 1.82) is 0 Å². The smallest absolute Gasteiger partial charge is 0.225 e. The van der Waals surface area contributed by atoms with Crippen LogP contribution in [0.2, 0.25) is 0 Å². The Kier molecular flexibility index (Phi) is 2.79. The molecule has 0 aromatic carbocycles. The maximum atomic E-state index is 12.9. The van der Waals surface area contributed by atoms with Gasteiger partial charge in [-0.3, -0.25) is 4.79 Å². The SMILES string of the molecule is O=C(C1CCCCC1)N1CC2C3C=CC(C4CCC34)C2C1. The van der Waals surface area contributed by atoms with E-state index in [0.29, 0.717) is 11.8 Å². The highest BCUT2D eigenvalue weighted by Crippen LogP contribution is 2.61. The van der Waals surface area contributed by atoms with Crippen LogP contribution in [0.25, 0.3) is 0 Å². The maximum absolute atomic E-state index is 12.9. The van der Waals surface area contributed by atoms with Crippen LogP contribution < -0.4 is 0 Å². The maximum Gasteiger partial charge on any atom is 0.225 e. The summed E-state index contributed by atoms with van der Waals surface area (Å²) in [6.45, 7) is 2.16. The fraction of sp³-hybridized carbons (Fsp3) is 0.842. The monoisotopic (exact) mass is 285 g/mol. The summed E-state index contributed by atoms with van der Waals surface area (Å²) in [7, 11) is 0. The van der Waals surface area contributed by atoms with Crippen molar-refractivity contribution in [3.05, 3.63) is 12.2 Å². The summed E-state index contributed by atoms with van der Waals surface area (Å²) >= 11 is 0. The van der Waals surface area contributed by atoms with Crippen LogP contribution in [0.3, 0.4) is 0 Å². The minimum absolute atomic E-state index is 0.362. The van der Waals surface area contributed by atoms with Crippen molar-refractivity contribution in [3.8, 4) is 0 Å². The topological polar surface area (TPSA) is 20.3 Å². The van der Waals surface area contributed by atoms with Gasteiger partial charge in [-0.2, -0.15) is 0 Å². The number of nitrogens with zero attached hydrogens (tertiary/aromatic N) is 1. The highest BCUT2D eigenvalue weighted by atomic mass is 16.2. The Labute approximate surface area is 128 Å². The van der Waals surface area contributed by atoms with E-state index in [1.54, 1.807) is 0 Å². The Morgan fingerprint density at radius 2 is 1.33 bits per heavy atom. The third kappa shape index (κ3) is 1.74. The van der Waals surface area contributed by atoms with Gasteiger partial charge in [0.15, 0.2) is 0 Å². The second kappa shape index (κ2) is 4.60. The summed E-state index contributed by atoms with van der Waals surface area (Å²) in [4.78, 5) is 15.1. The molecule has 4 fully saturated rings. The first-order valence-corrected chi connectivity index (χ1v) is 9.30. The number of hydrogen-bond acceptors (Lipinski definition) is 1. The van der Waals surface area contributed by atoms with Crippen molar-refractivity contribution in [2.75, 3.05) is 13.1 Å². The molecule has 0 N–H and O–H groups in total. The van der Waals surface area contributed by atoms with Gasteiger partial charge in [0.25, 0.3) is 0 Å². The Morgan fingerprint density at radius 3 is 1.86 bits per heavy atom. The number of likely N-dealkylation sites (tertiary alicyclic amines) is 1. The molecular weight excluding hydrogens is 258 g/mol. The molecule has 2 heteroatoms. The average molecular weight is 285 g/mol. The third-order valence-electron chi connectivity index (χ3n) is 7.59. The molecule has 0 aromatic rings. The summed E-state index contributed by atoms with van der Waals surface area (Å²) in [6, 6.07) is 0. The average Bonchev–Trinajstić information content (AvgIpc) is 2.94. The molecule has 0 radical (unpaired) electrons. The van der Waals surface area contributed by atoms with Gasteiger partial charge in [-0.1, -0.05) is 31.4 Å². The van der Waals surface area contributed by atoms with Gasteiger partial charge in [-0.15, -0.1) is 0 Å². The van der Waals surface area contributed by atoms with Gasteiger partial charge in [0.2, 0.25) is 5.91 Å². The van der Waals surface area contributed by atoms with Gasteiger partial charge >= 0.3 is 0 Å². The molecule has 1 aliphatic heterocycles. The predicted molar refractivity (Wildman–Crippen MR) is 82.5 cm³/mol. The number of carbonyl (C=O) groups excluding carboxylic acids is 1. The number of rotatable bonds is 1. The van der Waals surface area contributed by atoms with E-state index >= 15 is 0 Å². The summed E-state index contributed by atoms with van der Waals surface area (Å²) in [5.74, 6) is 6.04. The second-order valence-electron chi connectivity index (χ2n) is 8.35. The predicted octanol–water partition coefficient (Wildman–Crippen LogP) is 3.48. The fourth-order valence-electron chi connectivity index (χ4n) is 6.43. The van der Waals surface area contributed by atoms with Gasteiger partial charge in [-0.05, 0) is 61.2 Å². The molecule has 21 heavy (non-hydrogen) atoms. The molecule has 6 aliphatic rings. The van der Waals surface area contributed by atoms with Gasteiger partial charge in [0.05, 0.1) is 0 Å². The molecule has 5 aliphatic carbocycles. The molecule has 6 unspecified atom stereocenters. The van der Waals surface area contributed by atoms with Crippen LogP contribution in [0, 0.1) is 41.4 Å². The second-order valence-corrected chi connectivity index (χ2v) is 8.35. The van der Waals surface area contributed by atoms with Crippen molar-refractivity contribution in [2.24, 2.45) is 41.4 Å². The molecule has 2 nitrogen and oxygen atoms in total. The van der Waals surface area contributed by atoms with E-state index in [1.807, 2.05) is 0 Å². The molecular formula is C19H27NO. The first kappa shape index (κ1) is 12.7. The summed E-state index contributed by atoms with van der Waals surface area (Å²) in [5, 5.41) is 0. The molecule has 6 rings (SSSR count). The van der Waals surface area contributed by atoms with Crippen LogP contribution in [0.15, 0.2) is 12.2 Å². The zero-order chi connectivity index (χ0) is 14.0. The normalized spacial score (nSPS) is 47.9. The van der Waals surface area contributed by atoms with E-state index in [2.05, 4.69) is 17.1 Å². The standard InChI is InChI=1S/C19H27NO/c21-19(12-4-2-1-3-5-12)20-10-17-15-8-9-16(18(17)11-20)14-7-6-13(14)15/h8-9,12-18H,1-7,10-11H2. The summed E-state index contributed by atoms with van der Waals surface area (Å²) < 4.78 is 0. The fourth-order valence-corrected chi connectivity index (χ4v) is 6.43. The molecule has 1 heterocycles. The van der Waals surface area contributed by atoms with Crippen LogP contribution >= 0.6 is 0 Å². The third-order valence-corrected chi connectivity index (χ3v) is 7.59. The minimum Gasteiger partial charge on any atom is -0.342 e. The molecule has 0 aromatic heterocycles. The van der Waals surface area contributed by atoms with Gasteiger partial charge in [-0.25, -0.2) is 0 Å². The Hall–Kier alpha value is -0.790. The zero-order valence-corrected chi connectivity index (χ0v) is 12.9. The first-order valence-electron chi connectivity index (χ1n) is 9.30. The van der Waals surface area contributed by atoms with E-state index in [1.165, 1.54) is 32.1 Å². The van der Waals surface area contributed by atoms with E-state index < -0.39 is 0 Å². The zero-order valence-electron chi connectivity index (χ0n) is 12.9. The van der Waals surface area contributed by atoms with Crippen LogP contribution in [-0.4, -0.2) is 23.9 Å². The van der Waals surface area contributed by atoms with Crippen LogP contribution in [0.4, 0.5) is 0 Å². The van der Waals surface area contributed by atoms with Gasteiger partial charge in [0, 0.05) is 19.0 Å². The molecule has 1 saturated heterocycles. The lowest BCUT2D eigenvalue weighted by Crippen LogP contribution is -2.52. The van der Waals surface area contributed by atoms with Crippen molar-refractivity contribution >= 4 is 5.91 Å². The van der Waals surface area contributed by atoms with Crippen LogP contribution in [0.1, 0.15) is 44.9 Å². The summed E-state index contributed by atoms with van der Waals surface area (Å²) in [5.41, 5.74) is 0. The van der Waals surface area contributed by atoms with Crippen molar-refractivity contribution < 1.29 is 4.79 Å². The van der Waals surface area contributed by atoms with E-state index in [0.717, 1.165) is 61.4 Å². The van der Waals surface area contributed by atoms with E-state index in [4.69, 9.17) is 0 Å². The highest BCUT2D eigenvalue weighted by molar-refractivity contribution is 5.79. The molecule has 6 atom stereocenters. The lowest BCUT2D eigenvalue weighted by molar-refractivity contribution is -0.135. The number of allylic oxidation sites excluding steroid dienone is 2.